The molecule has 5 nitrogen and oxygen atoms in total. The van der Waals surface area contributed by atoms with E-state index in [9.17, 15) is 4.79 Å². The molecule has 1 aromatic carbocycles. The van der Waals surface area contributed by atoms with Crippen molar-refractivity contribution in [2.75, 3.05) is 44.2 Å². The first-order valence-corrected chi connectivity index (χ1v) is 10.3. The minimum Gasteiger partial charge on any atom is -0.377 e. The van der Waals surface area contributed by atoms with Gasteiger partial charge in [0.05, 0.1) is 6.10 Å². The van der Waals surface area contributed by atoms with Crippen LogP contribution in [0.5, 0.6) is 0 Å². The number of benzene rings is 1. The third-order valence-corrected chi connectivity index (χ3v) is 6.01. The Balaban J connectivity index is 1.23. The van der Waals surface area contributed by atoms with Gasteiger partial charge >= 0.3 is 0 Å². The summed E-state index contributed by atoms with van der Waals surface area (Å²) in [6.07, 6.45) is 7.43. The fraction of sp³-hybridized carbons (Fsp3) is 0.667. The van der Waals surface area contributed by atoms with Crippen molar-refractivity contribution in [1.82, 2.24) is 10.2 Å². The second-order valence-electron chi connectivity index (χ2n) is 7.92. The third-order valence-electron chi connectivity index (χ3n) is 6.01. The van der Waals surface area contributed by atoms with Crippen LogP contribution in [0.15, 0.2) is 24.3 Å². The lowest BCUT2D eigenvalue weighted by Gasteiger charge is -2.33. The molecule has 3 heterocycles. The van der Waals surface area contributed by atoms with E-state index in [0.29, 0.717) is 12.1 Å². The quantitative estimate of drug-likeness (QED) is 0.880. The number of anilines is 1. The molecule has 0 spiro atoms. The van der Waals surface area contributed by atoms with E-state index in [0.717, 1.165) is 57.7 Å². The summed E-state index contributed by atoms with van der Waals surface area (Å²) in [4.78, 5) is 17.4. The van der Waals surface area contributed by atoms with E-state index in [1.807, 2.05) is 12.1 Å². The predicted octanol–water partition coefficient (Wildman–Crippen LogP) is 2.66. The normalized spacial score (nSPS) is 24.9. The molecule has 3 aliphatic heterocycles. The number of nitrogens with one attached hydrogen (secondary N) is 1. The van der Waals surface area contributed by atoms with Crippen LogP contribution in [0.25, 0.3) is 0 Å². The van der Waals surface area contributed by atoms with Crippen LogP contribution in [0.1, 0.15) is 48.9 Å². The molecule has 0 aromatic heterocycles. The first-order chi connectivity index (χ1) is 12.8. The van der Waals surface area contributed by atoms with Gasteiger partial charge in [0.25, 0.3) is 5.91 Å². The molecule has 1 amide bonds. The van der Waals surface area contributed by atoms with Gasteiger partial charge in [0.2, 0.25) is 0 Å². The molecule has 3 fully saturated rings. The summed E-state index contributed by atoms with van der Waals surface area (Å²) in [6.45, 7) is 6.36. The van der Waals surface area contributed by atoms with Gasteiger partial charge < -0.3 is 19.9 Å². The molecule has 0 saturated carbocycles. The first kappa shape index (κ1) is 17.8. The van der Waals surface area contributed by atoms with E-state index in [2.05, 4.69) is 27.2 Å². The Morgan fingerprint density at radius 3 is 2.38 bits per heavy atom. The van der Waals surface area contributed by atoms with Crippen molar-refractivity contribution < 1.29 is 9.53 Å². The second kappa shape index (κ2) is 8.40. The molecule has 1 aromatic rings. The van der Waals surface area contributed by atoms with Gasteiger partial charge in [-0.2, -0.15) is 0 Å². The Morgan fingerprint density at radius 1 is 1.00 bits per heavy atom. The minimum absolute atomic E-state index is 0.0653. The molecular weight excluding hydrogens is 326 g/mol. The molecule has 0 unspecified atom stereocenters. The van der Waals surface area contributed by atoms with Crippen LogP contribution >= 0.6 is 0 Å². The van der Waals surface area contributed by atoms with E-state index in [1.165, 1.54) is 31.4 Å². The van der Waals surface area contributed by atoms with Crippen LogP contribution in [0.3, 0.4) is 0 Å². The lowest BCUT2D eigenvalue weighted by molar-refractivity contribution is 0.0613. The summed E-state index contributed by atoms with van der Waals surface area (Å²) in [5, 5.41) is 3.23. The maximum Gasteiger partial charge on any atom is 0.251 e. The lowest BCUT2D eigenvalue weighted by atomic mass is 10.0. The molecule has 3 saturated heterocycles. The van der Waals surface area contributed by atoms with Crippen LogP contribution < -0.4 is 10.2 Å². The fourth-order valence-corrected chi connectivity index (χ4v) is 4.40. The number of amides is 1. The van der Waals surface area contributed by atoms with Crippen LogP contribution in [0.2, 0.25) is 0 Å². The summed E-state index contributed by atoms with van der Waals surface area (Å²) in [7, 11) is 0. The number of hydrogen-bond acceptors (Lipinski definition) is 4. The van der Waals surface area contributed by atoms with Gasteiger partial charge in [-0.15, -0.1) is 0 Å². The Bertz CT molecular complexity index is 584. The van der Waals surface area contributed by atoms with Gasteiger partial charge in [-0.3, -0.25) is 4.79 Å². The molecule has 0 bridgehead atoms. The number of rotatable bonds is 5. The standard InChI is InChI=1S/C21H31N3O2/c25-21(17-5-7-19(8-6-17)24-11-1-2-12-24)22-18-9-13-23(14-10-18)16-20-4-3-15-26-20/h5-8,18,20H,1-4,9-16H2,(H,22,25)/t20-/m0/s1. The smallest absolute Gasteiger partial charge is 0.251 e. The summed E-state index contributed by atoms with van der Waals surface area (Å²) in [5.74, 6) is 0.0653. The molecule has 0 radical (unpaired) electrons. The number of carbonyl (C=O) groups excluding carboxylic acids is 1. The van der Waals surface area contributed by atoms with Gasteiger partial charge in [-0.1, -0.05) is 0 Å². The SMILES string of the molecule is O=C(NC1CCN(C[C@@H]2CCCO2)CC1)c1ccc(N2CCCC2)cc1. The highest BCUT2D eigenvalue weighted by atomic mass is 16.5. The highest BCUT2D eigenvalue weighted by molar-refractivity contribution is 5.94. The highest BCUT2D eigenvalue weighted by Crippen LogP contribution is 2.21. The number of carbonyl (C=O) groups is 1. The van der Waals surface area contributed by atoms with Crippen molar-refractivity contribution in [2.24, 2.45) is 0 Å². The van der Waals surface area contributed by atoms with E-state index >= 15 is 0 Å². The molecule has 1 N–H and O–H groups in total. The maximum absolute atomic E-state index is 12.5. The molecule has 5 heteroatoms. The van der Waals surface area contributed by atoms with Crippen molar-refractivity contribution in [3.05, 3.63) is 29.8 Å². The summed E-state index contributed by atoms with van der Waals surface area (Å²) < 4.78 is 5.74. The van der Waals surface area contributed by atoms with Crippen molar-refractivity contribution in [3.8, 4) is 0 Å². The molecule has 1 atom stereocenters. The topological polar surface area (TPSA) is 44.8 Å². The maximum atomic E-state index is 12.5. The van der Waals surface area contributed by atoms with E-state index < -0.39 is 0 Å². The molecule has 142 valence electrons. The Hall–Kier alpha value is -1.59. The number of piperidine rings is 1. The zero-order valence-electron chi connectivity index (χ0n) is 15.7. The number of hydrogen-bond donors (Lipinski definition) is 1. The average Bonchev–Trinajstić information content (AvgIpc) is 3.37. The second-order valence-corrected chi connectivity index (χ2v) is 7.92. The predicted molar refractivity (Wildman–Crippen MR) is 104 cm³/mol. The Labute approximate surface area is 156 Å². The van der Waals surface area contributed by atoms with Crippen LogP contribution in [-0.4, -0.2) is 62.3 Å². The van der Waals surface area contributed by atoms with Gasteiger partial charge in [-0.05, 0) is 62.8 Å². The van der Waals surface area contributed by atoms with Gasteiger partial charge in [0, 0.05) is 56.6 Å². The minimum atomic E-state index is 0.0653. The van der Waals surface area contributed by atoms with Crippen LogP contribution in [0, 0.1) is 0 Å². The molecule has 4 rings (SSSR count). The Kier molecular flexibility index (Phi) is 5.75. The third kappa shape index (κ3) is 4.38. The summed E-state index contributed by atoms with van der Waals surface area (Å²) >= 11 is 0. The summed E-state index contributed by atoms with van der Waals surface area (Å²) in [6, 6.07) is 8.40. The fourth-order valence-electron chi connectivity index (χ4n) is 4.40. The van der Waals surface area contributed by atoms with Crippen LogP contribution in [0.4, 0.5) is 5.69 Å². The number of ether oxygens (including phenoxy) is 1. The van der Waals surface area contributed by atoms with Gasteiger partial charge in [0.1, 0.15) is 0 Å². The zero-order valence-corrected chi connectivity index (χ0v) is 15.7. The van der Waals surface area contributed by atoms with Crippen LogP contribution in [-0.2, 0) is 4.74 Å². The largest absolute Gasteiger partial charge is 0.377 e. The van der Waals surface area contributed by atoms with Crippen molar-refractivity contribution >= 4 is 11.6 Å². The van der Waals surface area contributed by atoms with Gasteiger partial charge in [0.15, 0.2) is 0 Å². The molecular formula is C21H31N3O2. The molecule has 3 aliphatic rings. The number of likely N-dealkylation sites (tertiary alicyclic amines) is 1. The van der Waals surface area contributed by atoms with E-state index in [4.69, 9.17) is 4.74 Å². The van der Waals surface area contributed by atoms with E-state index in [1.54, 1.807) is 0 Å². The molecule has 0 aliphatic carbocycles. The van der Waals surface area contributed by atoms with E-state index in [-0.39, 0.29) is 5.91 Å². The monoisotopic (exact) mass is 357 g/mol. The number of nitrogens with zero attached hydrogens (tertiary/aromatic N) is 2. The van der Waals surface area contributed by atoms with Gasteiger partial charge in [-0.25, -0.2) is 0 Å². The van der Waals surface area contributed by atoms with Crippen molar-refractivity contribution in [3.63, 3.8) is 0 Å². The lowest BCUT2D eigenvalue weighted by Crippen LogP contribution is -2.46. The van der Waals surface area contributed by atoms with Crippen molar-refractivity contribution in [2.45, 2.75) is 50.7 Å². The average molecular weight is 357 g/mol. The zero-order chi connectivity index (χ0) is 17.8. The van der Waals surface area contributed by atoms with Crippen molar-refractivity contribution in [1.29, 1.82) is 0 Å². The highest BCUT2D eigenvalue weighted by Gasteiger charge is 2.25. The molecule has 26 heavy (non-hydrogen) atoms. The Morgan fingerprint density at radius 2 is 1.73 bits per heavy atom. The summed E-state index contributed by atoms with van der Waals surface area (Å²) in [5.41, 5.74) is 2.01. The first-order valence-electron chi connectivity index (χ1n) is 10.3.